The van der Waals surface area contributed by atoms with Gasteiger partial charge in [0.1, 0.15) is 0 Å². The molecule has 3 N–H and O–H groups in total. The summed E-state index contributed by atoms with van der Waals surface area (Å²) in [7, 11) is -1.88. The molecule has 2 aromatic rings. The Morgan fingerprint density at radius 1 is 1.47 bits per heavy atom. The van der Waals surface area contributed by atoms with Crippen LogP contribution in [-0.2, 0) is 30.0 Å². The zero-order valence-electron chi connectivity index (χ0n) is 10.5. The van der Waals surface area contributed by atoms with Crippen molar-refractivity contribution in [1.82, 2.24) is 24.7 Å². The molecule has 2 aromatic heterocycles. The van der Waals surface area contributed by atoms with Gasteiger partial charge in [0, 0.05) is 25.4 Å². The second-order valence-corrected chi connectivity index (χ2v) is 6.81. The highest BCUT2D eigenvalue weighted by atomic mass is 32.2. The standard InChI is InChI=1S/C9H14N6O2S2/c1-3-7-6(5-15(2)14-7)4-11-19(16,17)9-13-12-8(10)18-9/h5,11H,3-4H2,1-2H3,(H2,10,12). The smallest absolute Gasteiger partial charge is 0.270 e. The lowest BCUT2D eigenvalue weighted by atomic mass is 10.2. The Hall–Kier alpha value is -1.52. The first-order chi connectivity index (χ1) is 8.92. The van der Waals surface area contributed by atoms with Gasteiger partial charge in [-0.2, -0.15) is 5.10 Å². The molecule has 10 heteroatoms. The van der Waals surface area contributed by atoms with Crippen LogP contribution in [0.1, 0.15) is 18.2 Å². The summed E-state index contributed by atoms with van der Waals surface area (Å²) in [5.41, 5.74) is 7.07. The van der Waals surface area contributed by atoms with Crippen molar-refractivity contribution in [3.63, 3.8) is 0 Å². The first-order valence-electron chi connectivity index (χ1n) is 5.52. The number of rotatable bonds is 5. The normalized spacial score (nSPS) is 11.9. The molecule has 0 saturated heterocycles. The lowest BCUT2D eigenvalue weighted by Crippen LogP contribution is -2.23. The van der Waals surface area contributed by atoms with Crippen molar-refractivity contribution in [1.29, 1.82) is 0 Å². The van der Waals surface area contributed by atoms with Crippen molar-refractivity contribution in [3.05, 3.63) is 17.5 Å². The molecule has 0 aromatic carbocycles. The molecule has 8 nitrogen and oxygen atoms in total. The van der Waals surface area contributed by atoms with Gasteiger partial charge in [-0.1, -0.05) is 18.3 Å². The molecular formula is C9H14N6O2S2. The molecule has 104 valence electrons. The SMILES string of the molecule is CCc1nn(C)cc1CNS(=O)(=O)c1nnc(N)s1. The van der Waals surface area contributed by atoms with Gasteiger partial charge in [-0.15, -0.1) is 10.2 Å². The number of sulfonamides is 1. The van der Waals surface area contributed by atoms with E-state index in [9.17, 15) is 8.42 Å². The molecule has 0 atom stereocenters. The number of nitrogens with two attached hydrogens (primary N) is 1. The number of aryl methyl sites for hydroxylation is 2. The number of nitrogen functional groups attached to an aromatic ring is 1. The Morgan fingerprint density at radius 3 is 2.79 bits per heavy atom. The Labute approximate surface area is 114 Å². The fourth-order valence-electron chi connectivity index (χ4n) is 1.59. The first kappa shape index (κ1) is 13.9. The van der Waals surface area contributed by atoms with Crippen LogP contribution in [0.15, 0.2) is 10.5 Å². The van der Waals surface area contributed by atoms with E-state index in [4.69, 9.17) is 5.73 Å². The van der Waals surface area contributed by atoms with E-state index in [1.807, 2.05) is 6.92 Å². The van der Waals surface area contributed by atoms with Crippen LogP contribution in [0.5, 0.6) is 0 Å². The summed E-state index contributed by atoms with van der Waals surface area (Å²) in [6, 6.07) is 0. The van der Waals surface area contributed by atoms with E-state index < -0.39 is 10.0 Å². The van der Waals surface area contributed by atoms with Gasteiger partial charge in [0.05, 0.1) is 5.69 Å². The average molecular weight is 302 g/mol. The van der Waals surface area contributed by atoms with Gasteiger partial charge >= 0.3 is 0 Å². The lowest BCUT2D eigenvalue weighted by molar-refractivity contribution is 0.579. The molecule has 0 aliphatic heterocycles. The summed E-state index contributed by atoms with van der Waals surface area (Å²) in [4.78, 5) is 0. The van der Waals surface area contributed by atoms with Crippen LogP contribution in [0.2, 0.25) is 0 Å². The van der Waals surface area contributed by atoms with Gasteiger partial charge in [0.2, 0.25) is 9.47 Å². The van der Waals surface area contributed by atoms with Crippen molar-refractivity contribution in [2.75, 3.05) is 5.73 Å². The zero-order chi connectivity index (χ0) is 14.0. The summed E-state index contributed by atoms with van der Waals surface area (Å²) in [5, 5.41) is 11.4. The topological polar surface area (TPSA) is 116 Å². The maximum Gasteiger partial charge on any atom is 0.270 e. The Morgan fingerprint density at radius 2 is 2.21 bits per heavy atom. The quantitative estimate of drug-likeness (QED) is 0.796. The molecule has 2 rings (SSSR count). The summed E-state index contributed by atoms with van der Waals surface area (Å²) in [5.74, 6) is 0. The van der Waals surface area contributed by atoms with Crippen LogP contribution in [0.3, 0.4) is 0 Å². The predicted octanol–water partition coefficient (Wildman–Crippen LogP) is -0.105. The molecule has 19 heavy (non-hydrogen) atoms. The van der Waals surface area contributed by atoms with Crippen LogP contribution < -0.4 is 10.5 Å². The third kappa shape index (κ3) is 3.08. The molecule has 2 heterocycles. The molecular weight excluding hydrogens is 288 g/mol. The maximum absolute atomic E-state index is 11.9. The van der Waals surface area contributed by atoms with Crippen LogP contribution in [0.4, 0.5) is 5.13 Å². The van der Waals surface area contributed by atoms with E-state index >= 15 is 0 Å². The highest BCUT2D eigenvalue weighted by Crippen LogP contribution is 2.17. The number of nitrogens with zero attached hydrogens (tertiary/aromatic N) is 4. The monoisotopic (exact) mass is 302 g/mol. The molecule has 0 saturated carbocycles. The van der Waals surface area contributed by atoms with Crippen molar-refractivity contribution in [2.24, 2.45) is 7.05 Å². The Bertz CT molecular complexity index is 675. The van der Waals surface area contributed by atoms with Crippen molar-refractivity contribution in [2.45, 2.75) is 24.2 Å². The minimum Gasteiger partial charge on any atom is -0.374 e. The third-order valence-corrected chi connectivity index (χ3v) is 4.95. The minimum atomic E-state index is -3.68. The Kier molecular flexibility index (Phi) is 3.83. The van der Waals surface area contributed by atoms with Gasteiger partial charge in [-0.3, -0.25) is 4.68 Å². The average Bonchev–Trinajstić information content (AvgIpc) is 2.93. The van der Waals surface area contributed by atoms with Crippen molar-refractivity contribution >= 4 is 26.5 Å². The molecule has 0 aliphatic rings. The maximum atomic E-state index is 11.9. The fraction of sp³-hybridized carbons (Fsp3) is 0.444. The van der Waals surface area contributed by atoms with Gasteiger partial charge in [0.15, 0.2) is 0 Å². The molecule has 0 bridgehead atoms. The summed E-state index contributed by atoms with van der Waals surface area (Å²) >= 11 is 0.829. The van der Waals surface area contributed by atoms with E-state index in [0.717, 1.165) is 29.0 Å². The second-order valence-electron chi connectivity index (χ2n) is 3.86. The lowest BCUT2D eigenvalue weighted by Gasteiger charge is -2.02. The summed E-state index contributed by atoms with van der Waals surface area (Å²) in [6.07, 6.45) is 2.53. The molecule has 0 aliphatic carbocycles. The summed E-state index contributed by atoms with van der Waals surface area (Å²) in [6.45, 7) is 2.13. The van der Waals surface area contributed by atoms with E-state index in [2.05, 4.69) is 20.0 Å². The molecule has 0 unspecified atom stereocenters. The number of aromatic nitrogens is 4. The van der Waals surface area contributed by atoms with Crippen molar-refractivity contribution < 1.29 is 8.42 Å². The second kappa shape index (κ2) is 5.23. The van der Waals surface area contributed by atoms with Crippen LogP contribution >= 0.6 is 11.3 Å². The van der Waals surface area contributed by atoms with E-state index in [1.165, 1.54) is 0 Å². The predicted molar refractivity (Wildman–Crippen MR) is 70.9 cm³/mol. The summed E-state index contributed by atoms with van der Waals surface area (Å²) < 4.78 is 27.9. The third-order valence-electron chi connectivity index (χ3n) is 2.43. The zero-order valence-corrected chi connectivity index (χ0v) is 12.1. The van der Waals surface area contributed by atoms with Crippen molar-refractivity contribution in [3.8, 4) is 0 Å². The number of anilines is 1. The van der Waals surface area contributed by atoms with Gasteiger partial charge in [-0.05, 0) is 6.42 Å². The van der Waals surface area contributed by atoms with Crippen LogP contribution in [0.25, 0.3) is 0 Å². The van der Waals surface area contributed by atoms with E-state index in [0.29, 0.717) is 0 Å². The van der Waals surface area contributed by atoms with Gasteiger partial charge in [0.25, 0.3) is 10.0 Å². The highest BCUT2D eigenvalue weighted by molar-refractivity contribution is 7.91. The molecule has 0 fully saturated rings. The minimum absolute atomic E-state index is 0.121. The first-order valence-corrected chi connectivity index (χ1v) is 7.82. The molecule has 0 spiro atoms. The molecule has 0 amide bonds. The number of hydrogen-bond acceptors (Lipinski definition) is 7. The largest absolute Gasteiger partial charge is 0.374 e. The van der Waals surface area contributed by atoms with Gasteiger partial charge < -0.3 is 5.73 Å². The number of nitrogens with one attached hydrogen (secondary N) is 1. The van der Waals surface area contributed by atoms with E-state index in [1.54, 1.807) is 17.9 Å². The van der Waals surface area contributed by atoms with E-state index in [-0.39, 0.29) is 16.0 Å². The van der Waals surface area contributed by atoms with Crippen LogP contribution in [-0.4, -0.2) is 28.4 Å². The number of hydrogen-bond donors (Lipinski definition) is 2. The van der Waals surface area contributed by atoms with Gasteiger partial charge in [-0.25, -0.2) is 13.1 Å². The molecule has 0 radical (unpaired) electrons. The van der Waals surface area contributed by atoms with Crippen LogP contribution in [0, 0.1) is 0 Å². The fourth-order valence-corrected chi connectivity index (χ4v) is 3.42. The Balaban J connectivity index is 2.13. The highest BCUT2D eigenvalue weighted by Gasteiger charge is 2.20.